The smallest absolute Gasteiger partial charge is 0.425 e. The predicted octanol–water partition coefficient (Wildman–Crippen LogP) is 1.82. The second kappa shape index (κ2) is 7.18. The lowest BCUT2D eigenvalue weighted by Gasteiger charge is -2.28. The van der Waals surface area contributed by atoms with Crippen molar-refractivity contribution in [2.24, 2.45) is 7.05 Å². The molecule has 2 aromatic rings. The van der Waals surface area contributed by atoms with Gasteiger partial charge in [0.25, 0.3) is 0 Å². The lowest BCUT2D eigenvalue weighted by molar-refractivity contribution is -0.271. The molecule has 0 fully saturated rings. The van der Waals surface area contributed by atoms with E-state index in [9.17, 15) is 23.1 Å². The highest BCUT2D eigenvalue weighted by Gasteiger charge is 2.58. The molecule has 1 unspecified atom stereocenters. The molecule has 12 heteroatoms. The van der Waals surface area contributed by atoms with Crippen molar-refractivity contribution in [3.63, 3.8) is 0 Å². The van der Waals surface area contributed by atoms with E-state index in [2.05, 4.69) is 20.4 Å². The third-order valence-electron chi connectivity index (χ3n) is 3.37. The first-order valence-electron chi connectivity index (χ1n) is 7.87. The van der Waals surface area contributed by atoms with Gasteiger partial charge in [-0.1, -0.05) is 5.16 Å². The van der Waals surface area contributed by atoms with Crippen LogP contribution in [0, 0.1) is 0 Å². The van der Waals surface area contributed by atoms with Gasteiger partial charge in [-0.15, -0.1) is 0 Å². The lowest BCUT2D eigenvalue weighted by atomic mass is 9.97. The maximum absolute atomic E-state index is 13.5. The molecule has 0 saturated heterocycles. The molecule has 150 valence electrons. The van der Waals surface area contributed by atoms with Crippen LogP contribution in [-0.4, -0.2) is 42.7 Å². The Balaban J connectivity index is 2.11. The van der Waals surface area contributed by atoms with Gasteiger partial charge in [0.15, 0.2) is 11.6 Å². The molecule has 0 aromatic carbocycles. The van der Waals surface area contributed by atoms with Crippen molar-refractivity contribution < 1.29 is 32.3 Å². The van der Waals surface area contributed by atoms with Gasteiger partial charge in [-0.3, -0.25) is 0 Å². The van der Waals surface area contributed by atoms with Crippen molar-refractivity contribution in [2.45, 2.75) is 51.1 Å². The van der Waals surface area contributed by atoms with Gasteiger partial charge in [0.1, 0.15) is 5.60 Å². The molecule has 0 aliphatic heterocycles. The van der Waals surface area contributed by atoms with E-state index in [1.807, 2.05) is 0 Å². The number of alkyl halides is 3. The fourth-order valence-electron chi connectivity index (χ4n) is 2.19. The molecule has 0 saturated carbocycles. The van der Waals surface area contributed by atoms with Crippen LogP contribution in [0.4, 0.5) is 18.0 Å². The van der Waals surface area contributed by atoms with Crippen LogP contribution in [0.2, 0.25) is 0 Å². The van der Waals surface area contributed by atoms with Crippen molar-refractivity contribution in [3.05, 3.63) is 29.9 Å². The number of imidazole rings is 1. The zero-order valence-corrected chi connectivity index (χ0v) is 15.2. The van der Waals surface area contributed by atoms with Gasteiger partial charge in [-0.2, -0.15) is 18.2 Å². The Labute approximate surface area is 152 Å². The molecule has 27 heavy (non-hydrogen) atoms. The zero-order valence-electron chi connectivity index (χ0n) is 15.2. The van der Waals surface area contributed by atoms with E-state index in [1.54, 1.807) is 20.8 Å². The molecular formula is C15H20F3N5O4. The standard InChI is InChI=1S/C15H20F3N5O4/c1-13(2,3)26-12(24)20-8-9-21-10(27-22-9)7-14(25,15(16,17)18)11-19-5-6-23(11)4/h5-6,25H,7-8H2,1-4H3,(H,20,24). The number of nitrogens with one attached hydrogen (secondary N) is 1. The number of aliphatic hydroxyl groups is 1. The van der Waals surface area contributed by atoms with E-state index in [0.717, 1.165) is 10.8 Å². The van der Waals surface area contributed by atoms with Crippen molar-refractivity contribution in [1.82, 2.24) is 25.0 Å². The minimum Gasteiger partial charge on any atom is -0.444 e. The van der Waals surface area contributed by atoms with Crippen LogP contribution in [0.15, 0.2) is 16.9 Å². The number of ether oxygens (including phenoxy) is 1. The number of aryl methyl sites for hydroxylation is 1. The van der Waals surface area contributed by atoms with Gasteiger partial charge in [0.05, 0.1) is 13.0 Å². The molecule has 0 spiro atoms. The Kier molecular flexibility index (Phi) is 5.50. The number of aromatic nitrogens is 4. The van der Waals surface area contributed by atoms with Crippen LogP contribution in [0.1, 0.15) is 38.3 Å². The summed E-state index contributed by atoms with van der Waals surface area (Å²) in [6, 6.07) is 0. The third-order valence-corrected chi connectivity index (χ3v) is 3.37. The SMILES string of the molecule is Cn1ccnc1C(O)(Cc1nc(CNC(=O)OC(C)(C)C)no1)C(F)(F)F. The quantitative estimate of drug-likeness (QED) is 0.799. The van der Waals surface area contributed by atoms with Gasteiger partial charge in [-0.25, -0.2) is 9.78 Å². The number of carbonyl (C=O) groups excluding carboxylic acids is 1. The molecule has 9 nitrogen and oxygen atoms in total. The maximum atomic E-state index is 13.5. The molecule has 0 bridgehead atoms. The van der Waals surface area contributed by atoms with Crippen LogP contribution < -0.4 is 5.32 Å². The Morgan fingerprint density at radius 1 is 1.37 bits per heavy atom. The largest absolute Gasteiger partial charge is 0.444 e. The number of carbonyl (C=O) groups is 1. The van der Waals surface area contributed by atoms with Gasteiger partial charge >= 0.3 is 12.3 Å². The summed E-state index contributed by atoms with van der Waals surface area (Å²) in [7, 11) is 1.32. The summed E-state index contributed by atoms with van der Waals surface area (Å²) in [5.41, 5.74) is -4.02. The van der Waals surface area contributed by atoms with Crippen LogP contribution in [0.5, 0.6) is 0 Å². The summed E-state index contributed by atoms with van der Waals surface area (Å²) in [4.78, 5) is 18.9. The summed E-state index contributed by atoms with van der Waals surface area (Å²) in [5.74, 6) is -1.14. The number of amides is 1. The minimum atomic E-state index is -5.03. The van der Waals surface area contributed by atoms with Gasteiger partial charge < -0.3 is 24.3 Å². The van der Waals surface area contributed by atoms with Crippen LogP contribution in [-0.2, 0) is 30.4 Å². The second-order valence-corrected chi connectivity index (χ2v) is 6.86. The Morgan fingerprint density at radius 2 is 2.04 bits per heavy atom. The molecule has 2 aromatic heterocycles. The fourth-order valence-corrected chi connectivity index (χ4v) is 2.19. The highest BCUT2D eigenvalue weighted by Crippen LogP contribution is 2.40. The molecule has 0 aliphatic rings. The van der Waals surface area contributed by atoms with Crippen LogP contribution in [0.3, 0.4) is 0 Å². The van der Waals surface area contributed by atoms with Crippen molar-refractivity contribution in [2.75, 3.05) is 0 Å². The monoisotopic (exact) mass is 391 g/mol. The zero-order chi connectivity index (χ0) is 20.5. The molecular weight excluding hydrogens is 371 g/mol. The molecule has 0 radical (unpaired) electrons. The summed E-state index contributed by atoms with van der Waals surface area (Å²) < 4.78 is 51.3. The maximum Gasteiger partial charge on any atom is 0.425 e. The molecule has 2 heterocycles. The predicted molar refractivity (Wildman–Crippen MR) is 84.2 cm³/mol. The van der Waals surface area contributed by atoms with E-state index < -0.39 is 41.6 Å². The van der Waals surface area contributed by atoms with Gasteiger partial charge in [0, 0.05) is 19.4 Å². The number of halogens is 3. The van der Waals surface area contributed by atoms with E-state index in [-0.39, 0.29) is 12.4 Å². The summed E-state index contributed by atoms with van der Waals surface area (Å²) in [6.07, 6.45) is -4.39. The van der Waals surface area contributed by atoms with Crippen molar-refractivity contribution >= 4 is 6.09 Å². The second-order valence-electron chi connectivity index (χ2n) is 6.86. The number of hydrogen-bond acceptors (Lipinski definition) is 7. The molecule has 1 amide bonds. The number of rotatable bonds is 5. The fraction of sp³-hybridized carbons (Fsp3) is 0.600. The van der Waals surface area contributed by atoms with E-state index in [0.29, 0.717) is 0 Å². The first kappa shape index (κ1) is 20.7. The Bertz CT molecular complexity index is 796. The molecule has 2 rings (SSSR count). The van der Waals surface area contributed by atoms with Crippen molar-refractivity contribution in [3.8, 4) is 0 Å². The Hall–Kier alpha value is -2.63. The van der Waals surface area contributed by atoms with E-state index >= 15 is 0 Å². The number of hydrogen-bond donors (Lipinski definition) is 2. The summed E-state index contributed by atoms with van der Waals surface area (Å²) >= 11 is 0. The van der Waals surface area contributed by atoms with Crippen molar-refractivity contribution in [1.29, 1.82) is 0 Å². The van der Waals surface area contributed by atoms with Gasteiger partial charge in [0.2, 0.25) is 11.5 Å². The topological polar surface area (TPSA) is 115 Å². The van der Waals surface area contributed by atoms with E-state index in [1.165, 1.54) is 13.2 Å². The molecule has 0 aliphatic carbocycles. The van der Waals surface area contributed by atoms with E-state index in [4.69, 9.17) is 9.26 Å². The highest BCUT2D eigenvalue weighted by molar-refractivity contribution is 5.67. The normalized spacial score (nSPS) is 14.7. The number of nitrogens with zero attached hydrogens (tertiary/aromatic N) is 4. The first-order chi connectivity index (χ1) is 12.3. The third kappa shape index (κ3) is 4.96. The Morgan fingerprint density at radius 3 is 2.56 bits per heavy atom. The first-order valence-corrected chi connectivity index (χ1v) is 7.87. The summed E-state index contributed by atoms with van der Waals surface area (Å²) in [5, 5.41) is 16.1. The highest BCUT2D eigenvalue weighted by atomic mass is 19.4. The molecule has 1 atom stereocenters. The average Bonchev–Trinajstić information content (AvgIpc) is 3.11. The van der Waals surface area contributed by atoms with Gasteiger partial charge in [-0.05, 0) is 20.8 Å². The molecule has 2 N–H and O–H groups in total. The number of alkyl carbamates (subject to hydrolysis) is 1. The van der Waals surface area contributed by atoms with Crippen LogP contribution >= 0.6 is 0 Å². The minimum absolute atomic E-state index is 0.0692. The summed E-state index contributed by atoms with van der Waals surface area (Å²) in [6.45, 7) is 4.81. The average molecular weight is 391 g/mol. The lowest BCUT2D eigenvalue weighted by Crippen LogP contribution is -2.46. The van der Waals surface area contributed by atoms with Crippen LogP contribution in [0.25, 0.3) is 0 Å².